The molecule has 1 heterocycles. The van der Waals surface area contributed by atoms with E-state index in [2.05, 4.69) is 44.8 Å². The fraction of sp³-hybridized carbons (Fsp3) is 1.00. The Hall–Kier alpha value is -0.0800. The van der Waals surface area contributed by atoms with Gasteiger partial charge in [-0.1, -0.05) is 47.5 Å². The lowest BCUT2D eigenvalue weighted by Crippen LogP contribution is -2.60. The summed E-state index contributed by atoms with van der Waals surface area (Å²) in [7, 11) is 0. The van der Waals surface area contributed by atoms with Crippen molar-refractivity contribution in [1.29, 1.82) is 0 Å². The van der Waals surface area contributed by atoms with Crippen LogP contribution in [0.1, 0.15) is 66.7 Å². The van der Waals surface area contributed by atoms with Gasteiger partial charge in [-0.3, -0.25) is 4.90 Å². The molecule has 1 N–H and O–H groups in total. The average molecular weight is 254 g/mol. The molecule has 0 aromatic rings. The highest BCUT2D eigenvalue weighted by Crippen LogP contribution is 2.22. The lowest BCUT2D eigenvalue weighted by atomic mass is 9.92. The smallest absolute Gasteiger partial charge is 0.0221 e. The Balaban J connectivity index is 2.68. The Kier molecular flexibility index (Phi) is 7.25. The Labute approximate surface area is 115 Å². The van der Waals surface area contributed by atoms with Gasteiger partial charge in [0.05, 0.1) is 0 Å². The van der Waals surface area contributed by atoms with Crippen LogP contribution in [0.3, 0.4) is 0 Å². The van der Waals surface area contributed by atoms with Crippen molar-refractivity contribution in [1.82, 2.24) is 10.2 Å². The topological polar surface area (TPSA) is 15.3 Å². The van der Waals surface area contributed by atoms with Crippen molar-refractivity contribution in [3.05, 3.63) is 0 Å². The predicted molar refractivity (Wildman–Crippen MR) is 81.0 cm³/mol. The van der Waals surface area contributed by atoms with E-state index < -0.39 is 0 Å². The van der Waals surface area contributed by atoms with E-state index in [9.17, 15) is 0 Å². The molecule has 0 amide bonds. The van der Waals surface area contributed by atoms with E-state index in [0.29, 0.717) is 6.04 Å². The number of rotatable bonds is 7. The van der Waals surface area contributed by atoms with Crippen LogP contribution in [0, 0.1) is 5.92 Å². The zero-order valence-corrected chi connectivity index (χ0v) is 13.2. The molecule has 2 heteroatoms. The predicted octanol–water partition coefficient (Wildman–Crippen LogP) is 3.66. The van der Waals surface area contributed by atoms with Crippen molar-refractivity contribution in [3.8, 4) is 0 Å². The first kappa shape index (κ1) is 16.0. The molecule has 1 aliphatic heterocycles. The third-order valence-corrected chi connectivity index (χ3v) is 4.86. The highest BCUT2D eigenvalue weighted by atomic mass is 15.3. The Morgan fingerprint density at radius 3 is 2.39 bits per heavy atom. The van der Waals surface area contributed by atoms with Crippen molar-refractivity contribution in [2.75, 3.05) is 13.1 Å². The fourth-order valence-corrected chi connectivity index (χ4v) is 3.27. The number of hydrogen-bond acceptors (Lipinski definition) is 2. The van der Waals surface area contributed by atoms with E-state index >= 15 is 0 Å². The van der Waals surface area contributed by atoms with Crippen LogP contribution in [0.4, 0.5) is 0 Å². The van der Waals surface area contributed by atoms with Gasteiger partial charge in [0.2, 0.25) is 0 Å². The van der Waals surface area contributed by atoms with Crippen molar-refractivity contribution >= 4 is 0 Å². The largest absolute Gasteiger partial charge is 0.311 e. The zero-order valence-electron chi connectivity index (χ0n) is 13.2. The first-order valence-corrected chi connectivity index (χ1v) is 8.16. The summed E-state index contributed by atoms with van der Waals surface area (Å²) in [6, 6.07) is 2.25. The average Bonchev–Trinajstić information content (AvgIpc) is 2.43. The van der Waals surface area contributed by atoms with Crippen LogP contribution in [0.5, 0.6) is 0 Å². The summed E-state index contributed by atoms with van der Waals surface area (Å²) < 4.78 is 0. The molecular formula is C16H34N2. The van der Waals surface area contributed by atoms with E-state index in [-0.39, 0.29) is 0 Å². The van der Waals surface area contributed by atoms with Gasteiger partial charge in [0.15, 0.2) is 0 Å². The molecule has 1 rings (SSSR count). The molecule has 1 saturated heterocycles. The number of nitrogens with one attached hydrogen (secondary N) is 1. The molecule has 0 saturated carbocycles. The van der Waals surface area contributed by atoms with Crippen molar-refractivity contribution in [2.24, 2.45) is 5.92 Å². The van der Waals surface area contributed by atoms with E-state index in [1.54, 1.807) is 0 Å². The monoisotopic (exact) mass is 254 g/mol. The molecule has 18 heavy (non-hydrogen) atoms. The molecule has 4 atom stereocenters. The first-order chi connectivity index (χ1) is 8.67. The third-order valence-electron chi connectivity index (χ3n) is 4.86. The van der Waals surface area contributed by atoms with Gasteiger partial charge in [-0.15, -0.1) is 0 Å². The summed E-state index contributed by atoms with van der Waals surface area (Å²) in [5, 5.41) is 3.78. The van der Waals surface area contributed by atoms with Gasteiger partial charge in [-0.05, 0) is 25.2 Å². The van der Waals surface area contributed by atoms with Gasteiger partial charge >= 0.3 is 0 Å². The number of piperazine rings is 1. The molecule has 0 spiro atoms. The molecule has 108 valence electrons. The highest BCUT2D eigenvalue weighted by Gasteiger charge is 2.32. The second-order valence-electron chi connectivity index (χ2n) is 6.01. The van der Waals surface area contributed by atoms with Gasteiger partial charge < -0.3 is 5.32 Å². The molecule has 4 unspecified atom stereocenters. The van der Waals surface area contributed by atoms with E-state index in [4.69, 9.17) is 0 Å². The van der Waals surface area contributed by atoms with Crippen molar-refractivity contribution < 1.29 is 0 Å². The van der Waals surface area contributed by atoms with Gasteiger partial charge in [-0.25, -0.2) is 0 Å². The zero-order chi connectivity index (χ0) is 13.5. The standard InChI is InChI=1S/C16H34N2/c1-6-10-14(8-3)18-12-16(13(5)7-2)17-11-15(18)9-4/h13-17H,6-12H2,1-5H3. The first-order valence-electron chi connectivity index (χ1n) is 8.16. The fourth-order valence-electron chi connectivity index (χ4n) is 3.27. The maximum atomic E-state index is 3.78. The molecule has 1 aliphatic rings. The minimum atomic E-state index is 0.698. The van der Waals surface area contributed by atoms with Gasteiger partial charge in [0, 0.05) is 31.2 Å². The summed E-state index contributed by atoms with van der Waals surface area (Å²) in [6.07, 6.45) is 6.54. The summed E-state index contributed by atoms with van der Waals surface area (Å²) in [4.78, 5) is 2.82. The molecule has 0 bridgehead atoms. The van der Waals surface area contributed by atoms with Crippen LogP contribution >= 0.6 is 0 Å². The van der Waals surface area contributed by atoms with Gasteiger partial charge in [-0.2, -0.15) is 0 Å². The second kappa shape index (κ2) is 8.16. The Bertz CT molecular complexity index is 217. The van der Waals surface area contributed by atoms with E-state index in [1.165, 1.54) is 45.2 Å². The SMILES string of the molecule is CCCC(CC)N1CC(C(C)CC)NCC1CC. The second-order valence-corrected chi connectivity index (χ2v) is 6.01. The summed E-state index contributed by atoms with van der Waals surface area (Å²) >= 11 is 0. The van der Waals surface area contributed by atoms with E-state index in [0.717, 1.165) is 18.0 Å². The summed E-state index contributed by atoms with van der Waals surface area (Å²) in [6.45, 7) is 14.2. The highest BCUT2D eigenvalue weighted by molar-refractivity contribution is 4.90. The van der Waals surface area contributed by atoms with Crippen LogP contribution in [0.2, 0.25) is 0 Å². The molecule has 0 aromatic carbocycles. The minimum absolute atomic E-state index is 0.698. The van der Waals surface area contributed by atoms with Crippen LogP contribution in [0.15, 0.2) is 0 Å². The van der Waals surface area contributed by atoms with Crippen molar-refractivity contribution in [3.63, 3.8) is 0 Å². The van der Waals surface area contributed by atoms with Crippen molar-refractivity contribution in [2.45, 2.75) is 84.8 Å². The lowest BCUT2D eigenvalue weighted by molar-refractivity contribution is 0.0579. The molecule has 1 fully saturated rings. The van der Waals surface area contributed by atoms with Crippen LogP contribution in [-0.4, -0.2) is 36.1 Å². The summed E-state index contributed by atoms with van der Waals surface area (Å²) in [5.41, 5.74) is 0. The minimum Gasteiger partial charge on any atom is -0.311 e. The molecule has 0 aromatic heterocycles. The van der Waals surface area contributed by atoms with E-state index in [1.807, 2.05) is 0 Å². The number of nitrogens with zero attached hydrogens (tertiary/aromatic N) is 1. The van der Waals surface area contributed by atoms with Crippen LogP contribution in [0.25, 0.3) is 0 Å². The molecule has 0 radical (unpaired) electrons. The van der Waals surface area contributed by atoms with Crippen LogP contribution < -0.4 is 5.32 Å². The molecular weight excluding hydrogens is 220 g/mol. The normalized spacial score (nSPS) is 29.2. The van der Waals surface area contributed by atoms with Gasteiger partial charge in [0.1, 0.15) is 0 Å². The quantitative estimate of drug-likeness (QED) is 0.746. The lowest BCUT2D eigenvalue weighted by Gasteiger charge is -2.46. The molecule has 0 aliphatic carbocycles. The maximum absolute atomic E-state index is 3.78. The maximum Gasteiger partial charge on any atom is 0.0221 e. The Morgan fingerprint density at radius 1 is 1.17 bits per heavy atom. The third kappa shape index (κ3) is 3.96. The van der Waals surface area contributed by atoms with Crippen LogP contribution in [-0.2, 0) is 0 Å². The molecule has 2 nitrogen and oxygen atoms in total. The van der Waals surface area contributed by atoms with Gasteiger partial charge in [0.25, 0.3) is 0 Å². The Morgan fingerprint density at radius 2 is 1.89 bits per heavy atom. The summed E-state index contributed by atoms with van der Waals surface area (Å²) in [5.74, 6) is 0.796. The number of hydrogen-bond donors (Lipinski definition) is 1.